The Morgan fingerprint density at radius 1 is 0.778 bits per heavy atom. The van der Waals surface area contributed by atoms with Gasteiger partial charge in [-0.3, -0.25) is 0 Å². The molecule has 0 aromatic heterocycles. The first-order valence-electron chi connectivity index (χ1n) is 5.27. The molecular weight excluding hydrogens is 436 g/mol. The number of nitrogens with one attached hydrogen (secondary N) is 2. The van der Waals surface area contributed by atoms with Crippen molar-refractivity contribution in [1.29, 1.82) is 10.8 Å². The Balaban J connectivity index is -0.0000000843. The second-order valence-corrected chi connectivity index (χ2v) is 3.03. The third-order valence-corrected chi connectivity index (χ3v) is 1.09. The van der Waals surface area contributed by atoms with Crippen LogP contribution in [0.15, 0.2) is 0 Å². The molecule has 0 atom stereocenters. The first-order chi connectivity index (χ1) is 11.5. The molecule has 0 bridgehead atoms. The van der Waals surface area contributed by atoms with Crippen molar-refractivity contribution >= 4 is 24.1 Å². The van der Waals surface area contributed by atoms with Gasteiger partial charge >= 0.3 is 41.2 Å². The van der Waals surface area contributed by atoms with E-state index in [2.05, 4.69) is 9.68 Å². The molecule has 0 aliphatic carbocycles. The summed E-state index contributed by atoms with van der Waals surface area (Å²) in [6.45, 7) is 0. The van der Waals surface area contributed by atoms with Crippen LogP contribution in [-0.4, -0.2) is 58.5 Å². The van der Waals surface area contributed by atoms with Gasteiger partial charge in [0.05, 0.1) is 24.3 Å². The van der Waals surface area contributed by atoms with Crippen LogP contribution in [0.25, 0.3) is 0 Å². The van der Waals surface area contributed by atoms with Crippen LogP contribution >= 0.6 is 0 Å². The molecule has 27 heavy (non-hydrogen) atoms. The summed E-state index contributed by atoms with van der Waals surface area (Å²) in [5, 5.41) is 43.9. The third kappa shape index (κ3) is 61.1. The molecule has 0 spiro atoms. The number of rotatable bonds is 0. The number of urea groups is 2. The van der Waals surface area contributed by atoms with Gasteiger partial charge in [0, 0.05) is 0 Å². The summed E-state index contributed by atoms with van der Waals surface area (Å²) in [5.41, 5.74) is 18.9. The molecule has 0 unspecified atom stereocenters. The van der Waals surface area contributed by atoms with E-state index in [1.54, 1.807) is 0 Å². The first-order valence-corrected chi connectivity index (χ1v) is 5.27. The molecule has 21 heteroatoms. The average Bonchev–Trinajstić information content (AvgIpc) is 2.36. The van der Waals surface area contributed by atoms with E-state index in [-0.39, 0.29) is 17.1 Å². The molecule has 0 fully saturated rings. The zero-order chi connectivity index (χ0) is 22.0. The van der Waals surface area contributed by atoms with E-state index < -0.39 is 34.3 Å². The van der Waals surface area contributed by atoms with Crippen LogP contribution in [-0.2, 0) is 26.7 Å². The van der Waals surface area contributed by atoms with Crippen molar-refractivity contribution in [2.75, 3.05) is 14.1 Å². The quantitative estimate of drug-likeness (QED) is 0.0712. The summed E-state index contributed by atoms with van der Waals surface area (Å²) in [5.74, 6) is 0. The maximum Gasteiger partial charge on any atom is 2.00 e. The van der Waals surface area contributed by atoms with Gasteiger partial charge in [0.25, 0.3) is 0 Å². The van der Waals surface area contributed by atoms with Crippen LogP contribution < -0.4 is 22.9 Å². The van der Waals surface area contributed by atoms with E-state index in [1.165, 1.54) is 14.1 Å². The van der Waals surface area contributed by atoms with Gasteiger partial charge in [-0.25, -0.2) is 20.4 Å². The van der Waals surface area contributed by atoms with Crippen LogP contribution in [0.2, 0.25) is 0 Å². The number of hydrogen-bond donors (Lipinski definition) is 6. The van der Waals surface area contributed by atoms with E-state index in [1.807, 2.05) is 0 Å². The number of hydroxylamine groups is 4. The summed E-state index contributed by atoms with van der Waals surface area (Å²) >= 11 is 0. The van der Waals surface area contributed by atoms with Gasteiger partial charge in [0.15, 0.2) is 0 Å². The van der Waals surface area contributed by atoms with Crippen LogP contribution in [0.1, 0.15) is 0 Å². The van der Waals surface area contributed by atoms with E-state index >= 15 is 0 Å². The molecule has 0 saturated carbocycles. The van der Waals surface area contributed by atoms with Gasteiger partial charge in [-0.05, 0) is 0 Å². The van der Waals surface area contributed by atoms with Crippen LogP contribution in [0.3, 0.4) is 0 Å². The molecule has 0 rings (SSSR count). The molecule has 0 saturated heterocycles. The summed E-state index contributed by atoms with van der Waals surface area (Å²) in [6, 6.07) is -2.75. The molecular formula is C6H16CuN10O10. The minimum absolute atomic E-state index is 0. The number of amidine groups is 2. The molecule has 4 amide bonds. The maximum absolute atomic E-state index is 10.1. The van der Waals surface area contributed by atoms with Crippen LogP contribution in [0, 0.1) is 41.5 Å². The minimum Gasteiger partial charge on any atom is -0.356 e. The Kier molecular flexibility index (Phi) is 25.5. The number of carbonyl (C=O) groups excluding carboxylic acids is 2. The Hall–Kier alpha value is -4.00. The predicted octanol–water partition coefficient (Wildman–Crippen LogP) is -2.84. The molecule has 0 aliphatic rings. The number of amides is 4. The number of nitrogens with zero attached hydrogens (tertiary/aromatic N) is 4. The molecule has 10 N–H and O–H groups in total. The maximum atomic E-state index is 10.1. The second-order valence-electron chi connectivity index (χ2n) is 3.03. The molecule has 1 radical (unpaired) electrons. The fraction of sp³-hybridized carbons (Fsp3) is 0.333. The SMILES string of the molecule is CN(OC(=N)N)C(N)=O.CN(OC(=N)N)C(N)=O.O=[N+]([O-])[O-].O=[N+]([O-])[O-].[Cu+2]. The number of primary amides is 2. The van der Waals surface area contributed by atoms with Crippen molar-refractivity contribution in [1.82, 2.24) is 10.1 Å². The summed E-state index contributed by atoms with van der Waals surface area (Å²) in [4.78, 5) is 45.2. The van der Waals surface area contributed by atoms with E-state index in [0.29, 0.717) is 10.1 Å². The Labute approximate surface area is 160 Å². The number of nitrogens with two attached hydrogens (primary N) is 4. The molecule has 0 aromatic carbocycles. The molecule has 20 nitrogen and oxygen atoms in total. The average molecular weight is 452 g/mol. The fourth-order valence-corrected chi connectivity index (χ4v) is 0.385. The van der Waals surface area contributed by atoms with E-state index in [4.69, 9.17) is 64.4 Å². The van der Waals surface area contributed by atoms with Gasteiger partial charge in [-0.15, -0.1) is 0 Å². The first kappa shape index (κ1) is 34.4. The van der Waals surface area contributed by atoms with Crippen molar-refractivity contribution in [2.45, 2.75) is 0 Å². The van der Waals surface area contributed by atoms with Crippen molar-refractivity contribution in [2.24, 2.45) is 22.9 Å². The van der Waals surface area contributed by atoms with Crippen molar-refractivity contribution in [3.63, 3.8) is 0 Å². The number of carbonyl (C=O) groups is 2. The zero-order valence-corrected chi connectivity index (χ0v) is 14.4. The Morgan fingerprint density at radius 3 is 0.963 bits per heavy atom. The fourth-order valence-electron chi connectivity index (χ4n) is 0.385. The summed E-state index contributed by atoms with van der Waals surface area (Å²) < 4.78 is 0. The van der Waals surface area contributed by atoms with Gasteiger partial charge in [0.2, 0.25) is 0 Å². The van der Waals surface area contributed by atoms with Crippen molar-refractivity contribution in [3.05, 3.63) is 30.6 Å². The Morgan fingerprint density at radius 2 is 0.926 bits per heavy atom. The topological polar surface area (TPSA) is 343 Å². The van der Waals surface area contributed by atoms with Gasteiger partial charge in [-0.1, -0.05) is 0 Å². The van der Waals surface area contributed by atoms with E-state index in [9.17, 15) is 9.59 Å². The summed E-state index contributed by atoms with van der Waals surface area (Å²) in [6.07, 6.45) is 0. The van der Waals surface area contributed by atoms with E-state index in [0.717, 1.165) is 0 Å². The normalized spacial score (nSPS) is 7.19. The van der Waals surface area contributed by atoms with Crippen LogP contribution in [0.4, 0.5) is 9.59 Å². The van der Waals surface area contributed by atoms with Gasteiger partial charge < -0.3 is 63.3 Å². The molecule has 0 aliphatic heterocycles. The van der Waals surface area contributed by atoms with Gasteiger partial charge in [0.1, 0.15) is 0 Å². The summed E-state index contributed by atoms with van der Waals surface area (Å²) in [7, 11) is 2.51. The standard InChI is InChI=1S/2C3H8N4O2.Cu.2NO3/c2*1-7(3(6)8)9-2(4)5;;2*2-1(3)4/h2*1H3,(H3,4,5)(H2,6,8);;;/q;;+2;2*-1. The van der Waals surface area contributed by atoms with Gasteiger partial charge in [-0.2, -0.15) is 10.1 Å². The zero-order valence-electron chi connectivity index (χ0n) is 13.5. The third-order valence-electron chi connectivity index (χ3n) is 1.09. The van der Waals surface area contributed by atoms with Crippen LogP contribution in [0.5, 0.6) is 0 Å². The number of hydrogen-bond acceptors (Lipinski definition) is 12. The molecule has 0 aromatic rings. The second kappa shape index (κ2) is 20.0. The largest absolute Gasteiger partial charge is 2.00 e. The Bertz CT molecular complexity index is 451. The molecule has 0 heterocycles. The smallest absolute Gasteiger partial charge is 0.356 e. The predicted molar refractivity (Wildman–Crippen MR) is 81.4 cm³/mol. The van der Waals surface area contributed by atoms with Crippen molar-refractivity contribution < 1.29 is 46.5 Å². The monoisotopic (exact) mass is 451 g/mol. The minimum atomic E-state index is -1.75. The van der Waals surface area contributed by atoms with Crippen molar-refractivity contribution in [3.8, 4) is 0 Å². The molecule has 161 valence electrons.